The van der Waals surface area contributed by atoms with E-state index in [9.17, 15) is 9.90 Å². The number of nitrogens with zero attached hydrogens (tertiary/aromatic N) is 3. The summed E-state index contributed by atoms with van der Waals surface area (Å²) in [5.74, 6) is -0.340. The van der Waals surface area contributed by atoms with Gasteiger partial charge in [-0.25, -0.2) is 0 Å². The van der Waals surface area contributed by atoms with Crippen LogP contribution in [0, 0.1) is 22.7 Å². The predicted octanol–water partition coefficient (Wildman–Crippen LogP) is 2.16. The van der Waals surface area contributed by atoms with Crippen molar-refractivity contribution in [1.29, 1.82) is 10.5 Å². The van der Waals surface area contributed by atoms with Crippen LogP contribution in [0.1, 0.15) is 21.6 Å². The van der Waals surface area contributed by atoms with E-state index in [-0.39, 0.29) is 22.8 Å². The molecule has 0 saturated heterocycles. The Bertz CT molecular complexity index is 844. The summed E-state index contributed by atoms with van der Waals surface area (Å²) in [6, 6.07) is 11.9. The van der Waals surface area contributed by atoms with Crippen LogP contribution in [0.2, 0.25) is 0 Å². The number of allylic oxidation sites excluding steroid dienone is 1. The lowest BCUT2D eigenvalue weighted by Crippen LogP contribution is -1.94. The second-order valence-electron chi connectivity index (χ2n) is 4.27. The number of carbonyl (C=O) groups excluding carboxylic acids is 1. The van der Waals surface area contributed by atoms with Crippen molar-refractivity contribution in [2.24, 2.45) is 0 Å². The number of benzene rings is 1. The molecule has 0 aliphatic carbocycles. The van der Waals surface area contributed by atoms with Crippen molar-refractivity contribution in [1.82, 2.24) is 4.57 Å². The quantitative estimate of drug-likeness (QED) is 0.679. The topological polar surface area (TPSA) is 89.8 Å². The summed E-state index contributed by atoms with van der Waals surface area (Å²) >= 11 is 0. The third kappa shape index (κ3) is 1.44. The number of ketones is 1. The van der Waals surface area contributed by atoms with E-state index >= 15 is 0 Å². The number of nitriles is 2. The first kappa shape index (κ1) is 11.8. The van der Waals surface area contributed by atoms with Crippen LogP contribution in [-0.2, 0) is 0 Å². The predicted molar refractivity (Wildman–Crippen MR) is 70.1 cm³/mol. The number of fused-ring (bicyclic) bond motifs is 3. The fraction of sp³-hybridized carbons (Fsp3) is 0. The Labute approximate surface area is 114 Å². The Hall–Kier alpha value is -3.31. The largest absolute Gasteiger partial charge is 0.494 e. The minimum Gasteiger partial charge on any atom is -0.494 e. The molecule has 5 nitrogen and oxygen atoms in total. The Morgan fingerprint density at radius 3 is 2.65 bits per heavy atom. The first-order valence-electron chi connectivity index (χ1n) is 5.78. The summed E-state index contributed by atoms with van der Waals surface area (Å²) in [4.78, 5) is 12.2. The van der Waals surface area contributed by atoms with Gasteiger partial charge in [-0.3, -0.25) is 9.36 Å². The van der Waals surface area contributed by atoms with E-state index in [1.165, 1.54) is 16.7 Å². The molecule has 3 rings (SSSR count). The zero-order valence-corrected chi connectivity index (χ0v) is 10.2. The van der Waals surface area contributed by atoms with Crippen LogP contribution in [0.3, 0.4) is 0 Å². The molecule has 5 heteroatoms. The van der Waals surface area contributed by atoms with Gasteiger partial charge in [-0.15, -0.1) is 0 Å². The van der Waals surface area contributed by atoms with Gasteiger partial charge < -0.3 is 5.11 Å². The summed E-state index contributed by atoms with van der Waals surface area (Å²) in [5, 5.41) is 27.7. The first-order valence-corrected chi connectivity index (χ1v) is 5.78. The Morgan fingerprint density at radius 2 is 1.95 bits per heavy atom. The molecule has 0 amide bonds. The van der Waals surface area contributed by atoms with E-state index in [0.717, 1.165) is 0 Å². The molecule has 1 N–H and O–H groups in total. The molecule has 20 heavy (non-hydrogen) atoms. The molecule has 1 aromatic heterocycles. The molecule has 2 aromatic rings. The maximum Gasteiger partial charge on any atom is 0.211 e. The van der Waals surface area contributed by atoms with Gasteiger partial charge in [0.2, 0.25) is 11.7 Å². The number of carbonyl (C=O) groups is 1. The maximum atomic E-state index is 12.2. The molecular weight excluding hydrogens is 254 g/mol. The highest BCUT2D eigenvalue weighted by atomic mass is 16.3. The van der Waals surface area contributed by atoms with E-state index in [2.05, 4.69) is 0 Å². The van der Waals surface area contributed by atoms with Crippen molar-refractivity contribution in [2.45, 2.75) is 0 Å². The van der Waals surface area contributed by atoms with Crippen molar-refractivity contribution >= 4 is 11.9 Å². The number of hydrogen-bond donors (Lipinski definition) is 1. The first-order chi connectivity index (χ1) is 9.67. The smallest absolute Gasteiger partial charge is 0.211 e. The summed E-state index contributed by atoms with van der Waals surface area (Å²) in [6.07, 6.45) is 1.26. The van der Waals surface area contributed by atoms with Gasteiger partial charge in [0.05, 0.1) is 11.4 Å². The summed E-state index contributed by atoms with van der Waals surface area (Å²) in [6.45, 7) is 0. The van der Waals surface area contributed by atoms with Gasteiger partial charge in [-0.05, 0) is 24.3 Å². The van der Waals surface area contributed by atoms with Crippen LogP contribution in [0.5, 0.6) is 5.88 Å². The van der Waals surface area contributed by atoms with Crippen LogP contribution in [0.15, 0.2) is 35.9 Å². The lowest BCUT2D eigenvalue weighted by Gasteiger charge is -2.03. The van der Waals surface area contributed by atoms with Gasteiger partial charge in [0.25, 0.3) is 0 Å². The molecule has 1 aromatic carbocycles. The van der Waals surface area contributed by atoms with Crippen molar-refractivity contribution in [3.05, 3.63) is 52.7 Å². The summed E-state index contributed by atoms with van der Waals surface area (Å²) in [5.41, 5.74) is 1.59. The number of aromatic hydroxyl groups is 1. The molecule has 1 aliphatic heterocycles. The molecule has 0 saturated carbocycles. The Kier molecular flexibility index (Phi) is 2.42. The van der Waals surface area contributed by atoms with E-state index in [0.29, 0.717) is 16.9 Å². The van der Waals surface area contributed by atoms with Crippen LogP contribution in [-0.4, -0.2) is 15.5 Å². The van der Waals surface area contributed by atoms with E-state index in [1.807, 2.05) is 0 Å². The van der Waals surface area contributed by atoms with Gasteiger partial charge in [-0.1, -0.05) is 12.1 Å². The molecule has 1 aliphatic rings. The number of hydrogen-bond acceptors (Lipinski definition) is 4. The van der Waals surface area contributed by atoms with Gasteiger partial charge in [0.15, 0.2) is 0 Å². The third-order valence-corrected chi connectivity index (χ3v) is 3.17. The normalized spacial score (nSPS) is 11.2. The van der Waals surface area contributed by atoms with Gasteiger partial charge >= 0.3 is 0 Å². The van der Waals surface area contributed by atoms with E-state index < -0.39 is 0 Å². The van der Waals surface area contributed by atoms with Crippen molar-refractivity contribution < 1.29 is 9.90 Å². The molecule has 0 spiro atoms. The average molecular weight is 261 g/mol. The molecule has 0 bridgehead atoms. The summed E-state index contributed by atoms with van der Waals surface area (Å²) in [7, 11) is 0. The zero-order valence-electron chi connectivity index (χ0n) is 10.2. The van der Waals surface area contributed by atoms with Crippen LogP contribution in [0.4, 0.5) is 0 Å². The third-order valence-electron chi connectivity index (χ3n) is 3.17. The number of aromatic nitrogens is 1. The fourth-order valence-corrected chi connectivity index (χ4v) is 2.28. The van der Waals surface area contributed by atoms with Gasteiger partial charge in [-0.2, -0.15) is 10.5 Å². The van der Waals surface area contributed by atoms with Crippen LogP contribution < -0.4 is 0 Å². The maximum absolute atomic E-state index is 12.2. The highest BCUT2D eigenvalue weighted by molar-refractivity contribution is 6.14. The Morgan fingerprint density at radius 1 is 1.25 bits per heavy atom. The SMILES string of the molecule is N#CC(C#N)=Cc1cc2n(c1O)-c1ccccc1C2=O. The summed E-state index contributed by atoms with van der Waals surface area (Å²) < 4.78 is 1.43. The minimum atomic E-state index is -0.189. The molecule has 0 unspecified atom stereocenters. The monoisotopic (exact) mass is 261 g/mol. The molecule has 0 fully saturated rings. The molecule has 0 radical (unpaired) electrons. The molecule has 94 valence electrons. The fourth-order valence-electron chi connectivity index (χ4n) is 2.28. The van der Waals surface area contributed by atoms with Crippen LogP contribution in [0.25, 0.3) is 11.8 Å². The van der Waals surface area contributed by atoms with Crippen molar-refractivity contribution in [2.75, 3.05) is 0 Å². The zero-order chi connectivity index (χ0) is 14.3. The van der Waals surface area contributed by atoms with E-state index in [4.69, 9.17) is 10.5 Å². The van der Waals surface area contributed by atoms with Crippen molar-refractivity contribution in [3.8, 4) is 23.7 Å². The minimum absolute atomic E-state index is 0.134. The van der Waals surface area contributed by atoms with Gasteiger partial charge in [0.1, 0.15) is 17.7 Å². The number of rotatable bonds is 1. The average Bonchev–Trinajstić information content (AvgIpc) is 2.94. The lowest BCUT2D eigenvalue weighted by atomic mass is 10.1. The highest BCUT2D eigenvalue weighted by Gasteiger charge is 2.30. The van der Waals surface area contributed by atoms with Gasteiger partial charge in [0, 0.05) is 11.1 Å². The van der Waals surface area contributed by atoms with E-state index in [1.54, 1.807) is 36.4 Å². The molecular formula is C15H7N3O2. The van der Waals surface area contributed by atoms with Crippen molar-refractivity contribution in [3.63, 3.8) is 0 Å². The Balaban J connectivity index is 2.24. The second-order valence-corrected chi connectivity index (χ2v) is 4.27. The molecule has 0 atom stereocenters. The standard InChI is InChI=1S/C15H7N3O2/c16-7-9(8-17)5-10-6-13-14(19)11-3-1-2-4-12(11)18(13)15(10)20/h1-6,20H. The lowest BCUT2D eigenvalue weighted by molar-refractivity contribution is 0.104. The molecule has 2 heterocycles. The second kappa shape index (κ2) is 4.11. The highest BCUT2D eigenvalue weighted by Crippen LogP contribution is 2.36. The van der Waals surface area contributed by atoms with Crippen LogP contribution >= 0.6 is 0 Å². The number of para-hydroxylation sites is 1.